The zero-order valence-electron chi connectivity index (χ0n) is 13.6. The topological polar surface area (TPSA) is 28.1 Å². The largest absolute Gasteiger partial charge is 0.380 e. The molecular formula is C17H24ClN3O. The lowest BCUT2D eigenvalue weighted by molar-refractivity contribution is 0.226. The van der Waals surface area contributed by atoms with E-state index in [1.165, 1.54) is 0 Å². The number of methoxy groups -OCH3 is 1. The molecule has 4 nitrogen and oxygen atoms in total. The van der Waals surface area contributed by atoms with E-state index in [4.69, 9.17) is 16.3 Å². The van der Waals surface area contributed by atoms with Crippen LogP contribution in [0, 0.1) is 0 Å². The van der Waals surface area contributed by atoms with Gasteiger partial charge < -0.3 is 14.5 Å². The molecule has 0 aromatic heterocycles. The van der Waals surface area contributed by atoms with Gasteiger partial charge in [0, 0.05) is 43.9 Å². The SMILES string of the molecule is C=Nc1c(/C=C(\C)COC)cc(Cl)cc1N1CCN(C)CC1. The van der Waals surface area contributed by atoms with Crippen LogP contribution in [0.3, 0.4) is 0 Å². The van der Waals surface area contributed by atoms with Crippen molar-refractivity contribution in [3.05, 3.63) is 28.3 Å². The van der Waals surface area contributed by atoms with Gasteiger partial charge in [0.1, 0.15) is 0 Å². The first kappa shape index (κ1) is 17.0. The molecule has 1 aliphatic rings. The smallest absolute Gasteiger partial charge is 0.0929 e. The predicted molar refractivity (Wildman–Crippen MR) is 95.9 cm³/mol. The van der Waals surface area contributed by atoms with Crippen LogP contribution in [0.15, 0.2) is 22.7 Å². The highest BCUT2D eigenvalue weighted by Gasteiger charge is 2.19. The number of anilines is 1. The van der Waals surface area contributed by atoms with E-state index in [1.54, 1.807) is 7.11 Å². The van der Waals surface area contributed by atoms with Crippen molar-refractivity contribution in [1.29, 1.82) is 0 Å². The minimum absolute atomic E-state index is 0.590. The van der Waals surface area contributed by atoms with E-state index < -0.39 is 0 Å². The molecule has 0 spiro atoms. The van der Waals surface area contributed by atoms with Gasteiger partial charge in [-0.25, -0.2) is 0 Å². The second kappa shape index (κ2) is 7.77. The molecule has 1 aromatic rings. The molecule has 0 N–H and O–H groups in total. The predicted octanol–water partition coefficient (Wildman–Crippen LogP) is 3.47. The van der Waals surface area contributed by atoms with E-state index >= 15 is 0 Å². The van der Waals surface area contributed by atoms with Crippen LogP contribution < -0.4 is 4.90 Å². The van der Waals surface area contributed by atoms with Crippen molar-refractivity contribution in [2.75, 3.05) is 51.8 Å². The summed E-state index contributed by atoms with van der Waals surface area (Å²) in [6.07, 6.45) is 2.07. The van der Waals surface area contributed by atoms with Gasteiger partial charge >= 0.3 is 0 Å². The van der Waals surface area contributed by atoms with Gasteiger partial charge in [-0.2, -0.15) is 0 Å². The highest BCUT2D eigenvalue weighted by atomic mass is 35.5. The minimum Gasteiger partial charge on any atom is -0.380 e. The summed E-state index contributed by atoms with van der Waals surface area (Å²) in [5.41, 5.74) is 4.07. The maximum absolute atomic E-state index is 6.33. The van der Waals surface area contributed by atoms with Crippen molar-refractivity contribution in [2.45, 2.75) is 6.92 Å². The zero-order valence-corrected chi connectivity index (χ0v) is 14.4. The molecule has 0 radical (unpaired) electrons. The number of aliphatic imine (C=N–C) groups is 1. The quantitative estimate of drug-likeness (QED) is 0.777. The molecule has 5 heteroatoms. The first-order chi connectivity index (χ1) is 10.5. The summed E-state index contributed by atoms with van der Waals surface area (Å²) in [7, 11) is 3.84. The highest BCUT2D eigenvalue weighted by molar-refractivity contribution is 6.31. The summed E-state index contributed by atoms with van der Waals surface area (Å²) in [5, 5.41) is 0.720. The number of nitrogens with zero attached hydrogens (tertiary/aromatic N) is 3. The Labute approximate surface area is 138 Å². The van der Waals surface area contributed by atoms with Crippen molar-refractivity contribution in [3.63, 3.8) is 0 Å². The number of benzene rings is 1. The molecular weight excluding hydrogens is 298 g/mol. The molecule has 1 aromatic carbocycles. The number of rotatable bonds is 5. The number of ether oxygens (including phenoxy) is 1. The van der Waals surface area contributed by atoms with Gasteiger partial charge in [-0.05, 0) is 38.4 Å². The van der Waals surface area contributed by atoms with Crippen molar-refractivity contribution in [2.24, 2.45) is 4.99 Å². The molecule has 0 bridgehead atoms. The summed E-state index contributed by atoms with van der Waals surface area (Å²) in [6.45, 7) is 10.4. The number of piperazine rings is 1. The molecule has 0 aliphatic carbocycles. The van der Waals surface area contributed by atoms with E-state index in [0.717, 1.165) is 53.7 Å². The van der Waals surface area contributed by atoms with Gasteiger partial charge in [-0.3, -0.25) is 4.99 Å². The van der Waals surface area contributed by atoms with Gasteiger partial charge in [-0.1, -0.05) is 17.7 Å². The standard InChI is InChI=1S/C17H24ClN3O/c1-13(12-22-4)9-14-10-15(18)11-16(17(14)19-2)21-7-5-20(3)6-8-21/h9-11H,2,5-8,12H2,1,3-4H3/b13-9+. The Balaban J connectivity index is 2.39. The first-order valence-electron chi connectivity index (χ1n) is 7.45. The highest BCUT2D eigenvalue weighted by Crippen LogP contribution is 2.37. The number of hydrogen-bond donors (Lipinski definition) is 0. The Bertz CT molecular complexity index is 563. The molecule has 0 saturated carbocycles. The number of halogens is 1. The third-order valence-corrected chi connectivity index (χ3v) is 4.08. The van der Waals surface area contributed by atoms with E-state index in [1.807, 2.05) is 19.1 Å². The van der Waals surface area contributed by atoms with Crippen LogP contribution in [-0.2, 0) is 4.74 Å². The Kier molecular flexibility index (Phi) is 6.00. The normalized spacial score (nSPS) is 16.9. The van der Waals surface area contributed by atoms with Gasteiger partial charge in [0.15, 0.2) is 0 Å². The average molecular weight is 322 g/mol. The fourth-order valence-corrected chi connectivity index (χ4v) is 2.93. The van der Waals surface area contributed by atoms with Crippen LogP contribution in [0.2, 0.25) is 5.02 Å². The maximum Gasteiger partial charge on any atom is 0.0929 e. The Morgan fingerprint density at radius 1 is 1.36 bits per heavy atom. The average Bonchev–Trinajstić information content (AvgIpc) is 2.47. The second-order valence-corrected chi connectivity index (χ2v) is 6.17. The Morgan fingerprint density at radius 2 is 2.05 bits per heavy atom. The van der Waals surface area contributed by atoms with Crippen LogP contribution in [0.1, 0.15) is 12.5 Å². The monoisotopic (exact) mass is 321 g/mol. The molecule has 1 fully saturated rings. The molecule has 2 rings (SSSR count). The lowest BCUT2D eigenvalue weighted by Gasteiger charge is -2.35. The van der Waals surface area contributed by atoms with E-state index in [0.29, 0.717) is 6.61 Å². The zero-order chi connectivity index (χ0) is 16.1. The summed E-state index contributed by atoms with van der Waals surface area (Å²) in [5.74, 6) is 0. The molecule has 0 unspecified atom stereocenters. The summed E-state index contributed by atoms with van der Waals surface area (Å²) in [4.78, 5) is 8.93. The summed E-state index contributed by atoms with van der Waals surface area (Å²) < 4.78 is 5.17. The van der Waals surface area contributed by atoms with Crippen LogP contribution >= 0.6 is 11.6 Å². The molecule has 22 heavy (non-hydrogen) atoms. The van der Waals surface area contributed by atoms with Crippen LogP contribution in [0.4, 0.5) is 11.4 Å². The van der Waals surface area contributed by atoms with Gasteiger partial charge in [0.2, 0.25) is 0 Å². The van der Waals surface area contributed by atoms with E-state index in [-0.39, 0.29) is 0 Å². The molecule has 1 saturated heterocycles. The lowest BCUT2D eigenvalue weighted by Crippen LogP contribution is -2.44. The minimum atomic E-state index is 0.590. The molecule has 120 valence electrons. The molecule has 0 atom stereocenters. The van der Waals surface area contributed by atoms with Crippen molar-refractivity contribution < 1.29 is 4.74 Å². The molecule has 1 aliphatic heterocycles. The Morgan fingerprint density at radius 3 is 2.64 bits per heavy atom. The van der Waals surface area contributed by atoms with Gasteiger partial charge in [0.05, 0.1) is 18.0 Å². The first-order valence-corrected chi connectivity index (χ1v) is 7.83. The maximum atomic E-state index is 6.33. The van der Waals surface area contributed by atoms with Crippen molar-refractivity contribution >= 4 is 35.8 Å². The Hall–Kier alpha value is -1.36. The van der Waals surface area contributed by atoms with Gasteiger partial charge in [0.25, 0.3) is 0 Å². The fourth-order valence-electron chi connectivity index (χ4n) is 2.71. The lowest BCUT2D eigenvalue weighted by atomic mass is 10.1. The molecule has 0 amide bonds. The number of likely N-dealkylation sites (N-methyl/N-ethyl adjacent to an activating group) is 1. The van der Waals surface area contributed by atoms with Crippen molar-refractivity contribution in [3.8, 4) is 0 Å². The van der Waals surface area contributed by atoms with Crippen LogP contribution in [-0.4, -0.2) is 58.6 Å². The number of hydrogen-bond acceptors (Lipinski definition) is 4. The van der Waals surface area contributed by atoms with Crippen LogP contribution in [0.5, 0.6) is 0 Å². The van der Waals surface area contributed by atoms with E-state index in [9.17, 15) is 0 Å². The fraction of sp³-hybridized carbons (Fsp3) is 0.471. The summed E-state index contributed by atoms with van der Waals surface area (Å²) in [6, 6.07) is 3.92. The summed E-state index contributed by atoms with van der Waals surface area (Å²) >= 11 is 6.33. The van der Waals surface area contributed by atoms with Crippen LogP contribution in [0.25, 0.3) is 6.08 Å². The van der Waals surface area contributed by atoms with Crippen molar-refractivity contribution in [1.82, 2.24) is 4.90 Å². The third-order valence-electron chi connectivity index (χ3n) is 3.86. The second-order valence-electron chi connectivity index (χ2n) is 5.73. The molecule has 1 heterocycles. The van der Waals surface area contributed by atoms with E-state index in [2.05, 4.69) is 34.6 Å². The third kappa shape index (κ3) is 4.09. The van der Waals surface area contributed by atoms with Gasteiger partial charge in [-0.15, -0.1) is 0 Å².